The first kappa shape index (κ1) is 47.7. The second-order valence-electron chi connectivity index (χ2n) is 12.7. The predicted octanol–water partition coefficient (Wildman–Crippen LogP) is -0.394. The molecule has 0 bridgehead atoms. The minimum Gasteiger partial charge on any atom is -0.392 e. The van der Waals surface area contributed by atoms with Crippen LogP contribution in [0.2, 0.25) is 0 Å². The van der Waals surface area contributed by atoms with Crippen LogP contribution in [-0.4, -0.2) is 150 Å². The Morgan fingerprint density at radius 3 is 1.70 bits per heavy atom. The van der Waals surface area contributed by atoms with Crippen LogP contribution < -0.4 is 27.0 Å². The Labute approximate surface area is 327 Å². The summed E-state index contributed by atoms with van der Waals surface area (Å²) in [5.74, 6) is -2.37. The molecule has 0 spiro atoms. The highest BCUT2D eigenvalue weighted by atomic mass is 16.6. The van der Waals surface area contributed by atoms with Gasteiger partial charge < -0.3 is 60.5 Å². The van der Waals surface area contributed by atoms with Crippen LogP contribution in [0.15, 0.2) is 36.4 Å². The molecule has 314 valence electrons. The molecule has 1 aromatic rings. The average molecular weight is 795 g/mol. The van der Waals surface area contributed by atoms with E-state index in [1.54, 1.807) is 38.1 Å². The van der Waals surface area contributed by atoms with Gasteiger partial charge in [0.05, 0.1) is 92.4 Å². The van der Waals surface area contributed by atoms with Gasteiger partial charge in [-0.25, -0.2) is 4.79 Å². The number of amides is 7. The van der Waals surface area contributed by atoms with E-state index >= 15 is 0 Å². The normalized spacial score (nSPS) is 13.5. The molecule has 19 nitrogen and oxygen atoms in total. The minimum absolute atomic E-state index is 0.00820. The lowest BCUT2D eigenvalue weighted by atomic mass is 10.0. The maximum absolute atomic E-state index is 13.3. The van der Waals surface area contributed by atoms with Crippen LogP contribution in [0.3, 0.4) is 0 Å². The first-order valence-electron chi connectivity index (χ1n) is 18.7. The molecule has 0 aliphatic carbocycles. The summed E-state index contributed by atoms with van der Waals surface area (Å²) in [7, 11) is 0. The number of hydrogen-bond donors (Lipinski definition) is 6. The fourth-order valence-corrected chi connectivity index (χ4v) is 4.93. The van der Waals surface area contributed by atoms with Crippen molar-refractivity contribution in [2.24, 2.45) is 11.7 Å². The summed E-state index contributed by atoms with van der Waals surface area (Å²) >= 11 is 0. The van der Waals surface area contributed by atoms with E-state index in [0.717, 1.165) is 4.90 Å². The number of ether oxygens (including phenoxy) is 6. The molecule has 0 unspecified atom stereocenters. The van der Waals surface area contributed by atoms with Gasteiger partial charge in [0.25, 0.3) is 11.8 Å². The largest absolute Gasteiger partial charge is 0.392 e. The van der Waals surface area contributed by atoms with Crippen LogP contribution in [0.25, 0.3) is 0 Å². The summed E-state index contributed by atoms with van der Waals surface area (Å²) in [6, 6.07) is 3.99. The number of benzene rings is 1. The maximum Gasteiger partial charge on any atom is 0.312 e. The Morgan fingerprint density at radius 2 is 1.21 bits per heavy atom. The Kier molecular flexibility index (Phi) is 24.5. The van der Waals surface area contributed by atoms with Gasteiger partial charge in [0.2, 0.25) is 17.7 Å². The van der Waals surface area contributed by atoms with E-state index in [-0.39, 0.29) is 70.1 Å². The molecule has 0 aromatic heterocycles. The van der Waals surface area contributed by atoms with Gasteiger partial charge in [0, 0.05) is 30.8 Å². The number of nitrogens with zero attached hydrogens (tertiary/aromatic N) is 1. The van der Waals surface area contributed by atoms with Gasteiger partial charge in [-0.3, -0.25) is 28.9 Å². The molecule has 0 radical (unpaired) electrons. The molecular weight excluding hydrogens is 736 g/mol. The van der Waals surface area contributed by atoms with E-state index in [1.807, 2.05) is 0 Å². The summed E-state index contributed by atoms with van der Waals surface area (Å²) in [6.07, 6.45) is 3.02. The van der Waals surface area contributed by atoms with Crippen LogP contribution in [0.5, 0.6) is 0 Å². The highest BCUT2D eigenvalue weighted by Gasteiger charge is 2.29. The van der Waals surface area contributed by atoms with E-state index in [9.17, 15) is 33.9 Å². The molecule has 7 N–H and O–H groups in total. The Hall–Kier alpha value is -4.50. The van der Waals surface area contributed by atoms with Crippen molar-refractivity contribution in [2.75, 3.05) is 97.7 Å². The van der Waals surface area contributed by atoms with Crippen molar-refractivity contribution in [1.82, 2.24) is 20.9 Å². The van der Waals surface area contributed by atoms with Crippen LogP contribution in [0.1, 0.15) is 38.7 Å². The Morgan fingerprint density at radius 1 is 0.714 bits per heavy atom. The number of aliphatic hydroxyl groups excluding tert-OH is 1. The number of urea groups is 1. The molecule has 1 aromatic carbocycles. The Bertz CT molecular complexity index is 1360. The molecule has 19 heteroatoms. The van der Waals surface area contributed by atoms with Crippen LogP contribution >= 0.6 is 0 Å². The van der Waals surface area contributed by atoms with Crippen LogP contribution in [0, 0.1) is 5.92 Å². The molecule has 1 aliphatic heterocycles. The van der Waals surface area contributed by atoms with Crippen molar-refractivity contribution in [3.05, 3.63) is 42.0 Å². The van der Waals surface area contributed by atoms with E-state index in [4.69, 9.17) is 34.2 Å². The highest BCUT2D eigenvalue weighted by Crippen LogP contribution is 2.12. The zero-order chi connectivity index (χ0) is 41.0. The second kappa shape index (κ2) is 28.8. The third-order valence-electron chi connectivity index (χ3n) is 7.96. The summed E-state index contributed by atoms with van der Waals surface area (Å²) in [4.78, 5) is 74.2. The van der Waals surface area contributed by atoms with E-state index in [2.05, 4.69) is 21.3 Å². The van der Waals surface area contributed by atoms with Gasteiger partial charge in [0.1, 0.15) is 12.1 Å². The van der Waals surface area contributed by atoms with Crippen molar-refractivity contribution < 1.29 is 62.3 Å². The van der Waals surface area contributed by atoms with E-state index in [1.165, 1.54) is 12.2 Å². The van der Waals surface area contributed by atoms with Gasteiger partial charge in [-0.15, -0.1) is 0 Å². The number of primary amides is 1. The van der Waals surface area contributed by atoms with Crippen LogP contribution in [-0.2, 0) is 59.0 Å². The monoisotopic (exact) mass is 794 g/mol. The van der Waals surface area contributed by atoms with E-state index < -0.39 is 35.8 Å². The molecule has 1 heterocycles. The Balaban J connectivity index is 1.52. The lowest BCUT2D eigenvalue weighted by Crippen LogP contribution is -2.54. The molecule has 0 fully saturated rings. The number of carbonyl (C=O) groups excluding carboxylic acids is 6. The van der Waals surface area contributed by atoms with Crippen molar-refractivity contribution >= 4 is 41.3 Å². The third kappa shape index (κ3) is 21.0. The lowest BCUT2D eigenvalue weighted by Gasteiger charge is -2.25. The molecule has 0 saturated heterocycles. The summed E-state index contributed by atoms with van der Waals surface area (Å²) < 4.78 is 32.6. The molecule has 2 rings (SSSR count). The lowest BCUT2D eigenvalue weighted by molar-refractivity contribution is -0.137. The number of anilines is 1. The molecule has 2 atom stereocenters. The average Bonchev–Trinajstić information content (AvgIpc) is 3.49. The van der Waals surface area contributed by atoms with Crippen LogP contribution in [0.4, 0.5) is 10.5 Å². The zero-order valence-electron chi connectivity index (χ0n) is 32.3. The molecular formula is C37H58N6O13. The first-order valence-corrected chi connectivity index (χ1v) is 18.7. The quantitative estimate of drug-likeness (QED) is 0.0402. The number of nitrogens with two attached hydrogens (primary N) is 1. The van der Waals surface area contributed by atoms with Gasteiger partial charge >= 0.3 is 6.03 Å². The number of aliphatic hydroxyl groups is 1. The van der Waals surface area contributed by atoms with Crippen molar-refractivity contribution in [2.45, 2.75) is 51.8 Å². The summed E-state index contributed by atoms with van der Waals surface area (Å²) in [5, 5.41) is 19.9. The smallest absolute Gasteiger partial charge is 0.312 e. The predicted molar refractivity (Wildman–Crippen MR) is 202 cm³/mol. The number of imide groups is 1. The van der Waals surface area contributed by atoms with E-state index in [0.29, 0.717) is 77.1 Å². The van der Waals surface area contributed by atoms with Gasteiger partial charge in [-0.05, 0) is 36.5 Å². The third-order valence-corrected chi connectivity index (χ3v) is 7.96. The fourth-order valence-electron chi connectivity index (χ4n) is 4.93. The first-order chi connectivity index (χ1) is 27.0. The SMILES string of the molecule is CC(C)[C@H](NC(=O)CCOCCOCCOCCOCCOCCOCCN1C(=O)C=CC1=O)C(=O)N[C@@H](CCCNC(N)=O)C(=O)Nc1ccc(CO)cc1. The van der Waals surface area contributed by atoms with Gasteiger partial charge in [-0.2, -0.15) is 0 Å². The summed E-state index contributed by atoms with van der Waals surface area (Å²) in [5.41, 5.74) is 6.27. The number of nitrogens with one attached hydrogen (secondary N) is 4. The molecule has 7 amide bonds. The second-order valence-corrected chi connectivity index (χ2v) is 12.7. The number of carbonyl (C=O) groups is 6. The highest BCUT2D eigenvalue weighted by molar-refractivity contribution is 6.12. The maximum atomic E-state index is 13.3. The van der Waals surface area contributed by atoms with Crippen molar-refractivity contribution in [1.29, 1.82) is 0 Å². The van der Waals surface area contributed by atoms with Gasteiger partial charge in [-0.1, -0.05) is 26.0 Å². The van der Waals surface area contributed by atoms with Crippen molar-refractivity contribution in [3.8, 4) is 0 Å². The molecule has 56 heavy (non-hydrogen) atoms. The summed E-state index contributed by atoms with van der Waals surface area (Å²) in [6.45, 7) is 7.71. The molecule has 0 saturated carbocycles. The molecule has 1 aliphatic rings. The zero-order valence-corrected chi connectivity index (χ0v) is 32.3. The topological polar surface area (TPSA) is 255 Å². The van der Waals surface area contributed by atoms with Crippen molar-refractivity contribution in [3.63, 3.8) is 0 Å². The fraction of sp³-hybridized carbons (Fsp3) is 0.622. The number of rotatable bonds is 32. The number of hydrogen-bond acceptors (Lipinski definition) is 13. The van der Waals surface area contributed by atoms with Gasteiger partial charge in [0.15, 0.2) is 0 Å². The minimum atomic E-state index is -0.973. The standard InChI is InChI=1S/C37H58N6O13/c1-27(2)34(36(49)41-30(4-3-12-39-37(38)50)35(48)40-29-7-5-28(26-44)6-8-29)42-31(45)11-14-51-16-18-53-20-22-55-24-25-56-23-21-54-19-17-52-15-13-43-32(46)9-10-33(43)47/h5-10,27,30,34,44H,3-4,11-26H2,1-2H3,(H,40,48)(H,41,49)(H,42,45)(H3,38,39,50)/t30-,34-/m0/s1.